The molecular weight excluding hydrogens is 318 g/mol. The Labute approximate surface area is 150 Å². The van der Waals surface area contributed by atoms with Gasteiger partial charge in [0.25, 0.3) is 0 Å². The van der Waals surface area contributed by atoms with Crippen molar-refractivity contribution in [1.82, 2.24) is 14.8 Å². The molecule has 1 aliphatic heterocycles. The molecule has 6 nitrogen and oxygen atoms in total. The van der Waals surface area contributed by atoms with Crippen LogP contribution < -0.4 is 0 Å². The minimum Gasteiger partial charge on any atom is -0.444 e. The number of carbonyl (C=O) groups is 1. The van der Waals surface area contributed by atoms with Crippen molar-refractivity contribution in [2.75, 3.05) is 19.6 Å². The molecule has 0 aromatic carbocycles. The van der Waals surface area contributed by atoms with Crippen LogP contribution in [0.1, 0.15) is 64.0 Å². The van der Waals surface area contributed by atoms with Crippen molar-refractivity contribution in [3.05, 3.63) is 17.8 Å². The Balaban J connectivity index is 1.58. The number of aryl methyl sites for hydroxylation is 1. The number of likely N-dealkylation sites (tertiary alicyclic amines) is 1. The van der Waals surface area contributed by atoms with Crippen molar-refractivity contribution < 1.29 is 14.3 Å². The van der Waals surface area contributed by atoms with Crippen LogP contribution in [0.2, 0.25) is 0 Å². The summed E-state index contributed by atoms with van der Waals surface area (Å²) >= 11 is 0. The number of hydrogen-bond donors (Lipinski definition) is 1. The van der Waals surface area contributed by atoms with Gasteiger partial charge in [-0.3, -0.25) is 9.69 Å². The highest BCUT2D eigenvalue weighted by molar-refractivity contribution is 5.73. The number of amides is 1. The van der Waals surface area contributed by atoms with E-state index in [2.05, 4.69) is 9.88 Å². The standard InChI is InChI=1S/C19H31N3O3/c1-3-17-11-20-18(25-17)13-22(15(2)23)16-7-10-21(12-16)14-19(24)8-5-4-6-9-19/h11,16,24H,3-10,12-14H2,1-2H3. The molecule has 1 aliphatic carbocycles. The highest BCUT2D eigenvalue weighted by Crippen LogP contribution is 2.30. The Morgan fingerprint density at radius 1 is 1.44 bits per heavy atom. The molecular formula is C19H31N3O3. The predicted molar refractivity (Wildman–Crippen MR) is 95.0 cm³/mol. The van der Waals surface area contributed by atoms with Gasteiger partial charge in [0.15, 0.2) is 0 Å². The van der Waals surface area contributed by atoms with Crippen molar-refractivity contribution in [3.63, 3.8) is 0 Å². The van der Waals surface area contributed by atoms with Crippen LogP contribution in [0.25, 0.3) is 0 Å². The van der Waals surface area contributed by atoms with E-state index < -0.39 is 5.60 Å². The maximum Gasteiger partial charge on any atom is 0.220 e. The highest BCUT2D eigenvalue weighted by atomic mass is 16.4. The van der Waals surface area contributed by atoms with Crippen LogP contribution in [0, 0.1) is 0 Å². The largest absolute Gasteiger partial charge is 0.444 e. The number of β-amino-alcohol motifs (C(OH)–C–C–N with tert-alkyl or cyclic N) is 1. The van der Waals surface area contributed by atoms with Crippen LogP contribution in [0.3, 0.4) is 0 Å². The van der Waals surface area contributed by atoms with Crippen molar-refractivity contribution >= 4 is 5.91 Å². The number of aromatic nitrogens is 1. The molecule has 1 amide bonds. The van der Waals surface area contributed by atoms with Crippen molar-refractivity contribution in [2.45, 2.75) is 77.0 Å². The first-order valence-corrected chi connectivity index (χ1v) is 9.64. The van der Waals surface area contributed by atoms with Crippen LogP contribution >= 0.6 is 0 Å². The highest BCUT2D eigenvalue weighted by Gasteiger charge is 2.36. The number of aliphatic hydroxyl groups is 1. The number of oxazole rings is 1. The van der Waals surface area contributed by atoms with E-state index in [4.69, 9.17) is 4.42 Å². The normalized spacial score (nSPS) is 23.7. The first-order valence-electron chi connectivity index (χ1n) is 9.64. The third kappa shape index (κ3) is 4.61. The van der Waals surface area contributed by atoms with Crippen LogP contribution in [0.4, 0.5) is 0 Å². The summed E-state index contributed by atoms with van der Waals surface area (Å²) in [6.45, 7) is 6.55. The van der Waals surface area contributed by atoms with Gasteiger partial charge in [0.1, 0.15) is 5.76 Å². The molecule has 6 heteroatoms. The zero-order chi connectivity index (χ0) is 17.9. The number of carbonyl (C=O) groups excluding carboxylic acids is 1. The van der Waals surface area contributed by atoms with E-state index in [1.807, 2.05) is 11.8 Å². The van der Waals surface area contributed by atoms with Crippen LogP contribution in [-0.2, 0) is 17.8 Å². The molecule has 1 atom stereocenters. The minimum absolute atomic E-state index is 0.0551. The summed E-state index contributed by atoms with van der Waals surface area (Å²) in [5, 5.41) is 10.8. The van der Waals surface area contributed by atoms with Crippen molar-refractivity contribution in [2.24, 2.45) is 0 Å². The number of nitrogens with zero attached hydrogens (tertiary/aromatic N) is 3. The zero-order valence-corrected chi connectivity index (χ0v) is 15.5. The maximum atomic E-state index is 12.2. The van der Waals surface area contributed by atoms with E-state index in [1.54, 1.807) is 13.1 Å². The molecule has 3 rings (SSSR count). The first kappa shape index (κ1) is 18.4. The molecule has 1 saturated carbocycles. The van der Waals surface area contributed by atoms with Crippen molar-refractivity contribution in [3.8, 4) is 0 Å². The smallest absolute Gasteiger partial charge is 0.220 e. The van der Waals surface area contributed by atoms with Gasteiger partial charge in [0.05, 0.1) is 18.3 Å². The monoisotopic (exact) mass is 349 g/mol. The Hall–Kier alpha value is -1.40. The minimum atomic E-state index is -0.535. The molecule has 1 aromatic rings. The lowest BCUT2D eigenvalue weighted by Crippen LogP contribution is -2.45. The van der Waals surface area contributed by atoms with E-state index in [0.717, 1.165) is 63.9 Å². The predicted octanol–water partition coefficient (Wildman–Crippen LogP) is 2.35. The van der Waals surface area contributed by atoms with Gasteiger partial charge in [-0.2, -0.15) is 0 Å². The number of rotatable bonds is 6. The lowest BCUT2D eigenvalue weighted by Gasteiger charge is -2.36. The molecule has 0 radical (unpaired) electrons. The van der Waals surface area contributed by atoms with Gasteiger partial charge in [-0.25, -0.2) is 4.98 Å². The lowest BCUT2D eigenvalue weighted by molar-refractivity contribution is -0.132. The fraction of sp³-hybridized carbons (Fsp3) is 0.789. The van der Waals surface area contributed by atoms with E-state index in [-0.39, 0.29) is 11.9 Å². The molecule has 1 N–H and O–H groups in total. The fourth-order valence-corrected chi connectivity index (χ4v) is 4.22. The second kappa shape index (κ2) is 7.87. The molecule has 0 spiro atoms. The van der Waals surface area contributed by atoms with Gasteiger partial charge in [-0.05, 0) is 19.3 Å². The van der Waals surface area contributed by atoms with E-state index >= 15 is 0 Å². The molecule has 2 aliphatic rings. The van der Waals surface area contributed by atoms with Crippen LogP contribution in [0.5, 0.6) is 0 Å². The summed E-state index contributed by atoms with van der Waals surface area (Å²) in [7, 11) is 0. The molecule has 25 heavy (non-hydrogen) atoms. The number of hydrogen-bond acceptors (Lipinski definition) is 5. The van der Waals surface area contributed by atoms with E-state index in [9.17, 15) is 9.90 Å². The molecule has 1 saturated heterocycles. The van der Waals surface area contributed by atoms with Crippen molar-refractivity contribution in [1.29, 1.82) is 0 Å². The topological polar surface area (TPSA) is 69.8 Å². The summed E-state index contributed by atoms with van der Waals surface area (Å²) in [6.07, 6.45) is 8.78. The summed E-state index contributed by atoms with van der Waals surface area (Å²) < 4.78 is 5.68. The Morgan fingerprint density at radius 2 is 2.20 bits per heavy atom. The van der Waals surface area contributed by atoms with Gasteiger partial charge in [0, 0.05) is 39.0 Å². The summed E-state index contributed by atoms with van der Waals surface area (Å²) in [5.74, 6) is 1.52. The lowest BCUT2D eigenvalue weighted by atomic mass is 9.84. The molecule has 1 unspecified atom stereocenters. The van der Waals surface area contributed by atoms with Gasteiger partial charge >= 0.3 is 0 Å². The third-order valence-corrected chi connectivity index (χ3v) is 5.65. The molecule has 0 bridgehead atoms. The Kier molecular flexibility index (Phi) is 5.79. The average Bonchev–Trinajstić information content (AvgIpc) is 3.21. The molecule has 2 heterocycles. The summed E-state index contributed by atoms with van der Waals surface area (Å²) in [5.41, 5.74) is -0.535. The first-order chi connectivity index (χ1) is 12.0. The summed E-state index contributed by atoms with van der Waals surface area (Å²) in [6, 6.07) is 0.168. The third-order valence-electron chi connectivity index (χ3n) is 5.65. The van der Waals surface area contributed by atoms with Gasteiger partial charge in [-0.15, -0.1) is 0 Å². The van der Waals surface area contributed by atoms with Crippen LogP contribution in [-0.4, -0.2) is 57.1 Å². The van der Waals surface area contributed by atoms with E-state index in [1.165, 1.54) is 6.42 Å². The quantitative estimate of drug-likeness (QED) is 0.854. The molecule has 2 fully saturated rings. The summed E-state index contributed by atoms with van der Waals surface area (Å²) in [4.78, 5) is 20.6. The SMILES string of the molecule is CCc1cnc(CN(C(C)=O)C2CCN(CC3(O)CCCCC3)C2)o1. The zero-order valence-electron chi connectivity index (χ0n) is 15.5. The fourth-order valence-electron chi connectivity index (χ4n) is 4.22. The molecule has 140 valence electrons. The second-order valence-electron chi connectivity index (χ2n) is 7.68. The Bertz CT molecular complexity index is 580. The van der Waals surface area contributed by atoms with Gasteiger partial charge < -0.3 is 14.4 Å². The Morgan fingerprint density at radius 3 is 2.84 bits per heavy atom. The van der Waals surface area contributed by atoms with Crippen LogP contribution in [0.15, 0.2) is 10.6 Å². The maximum absolute atomic E-state index is 12.2. The van der Waals surface area contributed by atoms with Gasteiger partial charge in [-0.1, -0.05) is 26.2 Å². The van der Waals surface area contributed by atoms with E-state index in [0.29, 0.717) is 12.4 Å². The average molecular weight is 349 g/mol. The van der Waals surface area contributed by atoms with Gasteiger partial charge in [0.2, 0.25) is 11.8 Å². The molecule has 1 aromatic heterocycles. The second-order valence-corrected chi connectivity index (χ2v) is 7.68.